The summed E-state index contributed by atoms with van der Waals surface area (Å²) < 4.78 is 22.9. The number of benzene rings is 2. The van der Waals surface area contributed by atoms with Crippen LogP contribution in [-0.4, -0.2) is 35.4 Å². The Balaban J connectivity index is 2.21. The minimum absolute atomic E-state index is 0.0136. The monoisotopic (exact) mass is 462 g/mol. The van der Waals surface area contributed by atoms with Crippen molar-refractivity contribution in [3.8, 4) is 11.5 Å². The Labute approximate surface area is 184 Å². The van der Waals surface area contributed by atoms with Gasteiger partial charge < -0.3 is 19.7 Å². The second kappa shape index (κ2) is 10.4. The average molecular weight is 464 g/mol. The van der Waals surface area contributed by atoms with Crippen LogP contribution in [0.5, 0.6) is 11.5 Å². The van der Waals surface area contributed by atoms with E-state index in [-0.39, 0.29) is 25.4 Å². The molecule has 2 aromatic rings. The summed E-state index contributed by atoms with van der Waals surface area (Å²) in [4.78, 5) is 0. The van der Waals surface area contributed by atoms with Crippen LogP contribution in [0.25, 0.3) is 0 Å². The molecule has 0 radical (unpaired) electrons. The van der Waals surface area contributed by atoms with Crippen molar-refractivity contribution in [2.75, 3.05) is 19.1 Å². The molecule has 0 heterocycles. The van der Waals surface area contributed by atoms with Gasteiger partial charge in [-0.3, -0.25) is 0 Å². The molecule has 0 saturated carbocycles. The molecule has 0 unspecified atom stereocenters. The lowest BCUT2D eigenvalue weighted by molar-refractivity contribution is 0.125. The van der Waals surface area contributed by atoms with E-state index in [2.05, 4.69) is 0 Å². The van der Waals surface area contributed by atoms with E-state index < -0.39 is 17.3 Å². The number of rotatable bonds is 9. The molecule has 8 heteroatoms. The summed E-state index contributed by atoms with van der Waals surface area (Å²) in [5.41, 5.74) is 1.39. The maximum absolute atomic E-state index is 12.2. The standard InChI is InChI=1S/C21H22Cl3FO4/c1-21(2,13-3-5-17(6-4-13)28-12-16(27)10-25)14-7-18(23)20(19(24)8-14)29-11-15(26)9-22/h3-8,10,15,26-27H,9,11-12H2,1-2H3/b16-10-/t15-/m1/s1. The highest BCUT2D eigenvalue weighted by molar-refractivity contribution is 6.37. The maximum atomic E-state index is 12.2. The zero-order valence-corrected chi connectivity index (χ0v) is 18.2. The molecule has 0 saturated heterocycles. The van der Waals surface area contributed by atoms with Crippen LogP contribution in [0.1, 0.15) is 25.0 Å². The molecule has 0 fully saturated rings. The highest BCUT2D eigenvalue weighted by atomic mass is 35.5. The third kappa shape index (κ3) is 6.16. The van der Waals surface area contributed by atoms with Crippen molar-refractivity contribution in [1.82, 2.24) is 0 Å². The number of aliphatic hydroxyl groups is 2. The largest absolute Gasteiger partial charge is 0.506 e. The molecule has 2 aromatic carbocycles. The van der Waals surface area contributed by atoms with Crippen LogP contribution in [0, 0.1) is 0 Å². The zero-order valence-electron chi connectivity index (χ0n) is 16.0. The zero-order chi connectivity index (χ0) is 21.6. The predicted molar refractivity (Wildman–Crippen MR) is 115 cm³/mol. The van der Waals surface area contributed by atoms with Crippen molar-refractivity contribution in [2.24, 2.45) is 0 Å². The molecule has 2 rings (SSSR count). The fourth-order valence-electron chi connectivity index (χ4n) is 2.61. The Hall–Kier alpha value is -1.66. The third-order valence-corrected chi connectivity index (χ3v) is 5.32. The molecule has 0 bridgehead atoms. The van der Waals surface area contributed by atoms with E-state index in [4.69, 9.17) is 49.4 Å². The molecule has 0 aliphatic rings. The minimum Gasteiger partial charge on any atom is -0.506 e. The fraction of sp³-hybridized carbons (Fsp3) is 0.333. The van der Waals surface area contributed by atoms with Crippen molar-refractivity contribution in [3.05, 3.63) is 69.7 Å². The van der Waals surface area contributed by atoms with Crippen LogP contribution < -0.4 is 9.47 Å². The SMILES string of the molecule is CC(C)(c1ccc(OC/C(O)=C/F)cc1)c1cc(Cl)c(OC[C@H](O)CCl)c(Cl)c1. The Morgan fingerprint density at radius 1 is 1.10 bits per heavy atom. The first-order valence-corrected chi connectivity index (χ1v) is 10.1. The molecule has 0 aromatic heterocycles. The van der Waals surface area contributed by atoms with Gasteiger partial charge in [-0.15, -0.1) is 11.6 Å². The van der Waals surface area contributed by atoms with Crippen molar-refractivity contribution in [1.29, 1.82) is 0 Å². The van der Waals surface area contributed by atoms with E-state index in [1.165, 1.54) is 0 Å². The molecule has 1 atom stereocenters. The van der Waals surface area contributed by atoms with Crippen molar-refractivity contribution in [2.45, 2.75) is 25.4 Å². The number of hydrogen-bond donors (Lipinski definition) is 2. The van der Waals surface area contributed by atoms with Gasteiger partial charge in [0, 0.05) is 5.41 Å². The average Bonchev–Trinajstić information content (AvgIpc) is 2.71. The number of ether oxygens (including phenoxy) is 2. The van der Waals surface area contributed by atoms with Gasteiger partial charge in [0.05, 0.1) is 15.9 Å². The van der Waals surface area contributed by atoms with Crippen LogP contribution in [0.3, 0.4) is 0 Å². The molecule has 0 amide bonds. The topological polar surface area (TPSA) is 58.9 Å². The first-order chi connectivity index (χ1) is 13.7. The summed E-state index contributed by atoms with van der Waals surface area (Å²) in [5, 5.41) is 19.3. The first kappa shape index (κ1) is 23.6. The quantitative estimate of drug-likeness (QED) is 0.351. The van der Waals surface area contributed by atoms with Gasteiger partial charge in [-0.2, -0.15) is 0 Å². The highest BCUT2D eigenvalue weighted by Gasteiger charge is 2.26. The van der Waals surface area contributed by atoms with Gasteiger partial charge in [0.1, 0.15) is 31.4 Å². The lowest BCUT2D eigenvalue weighted by atomic mass is 9.78. The van der Waals surface area contributed by atoms with Crippen LogP contribution in [0.15, 0.2) is 48.5 Å². The molecule has 2 N–H and O–H groups in total. The van der Waals surface area contributed by atoms with Crippen molar-refractivity contribution in [3.63, 3.8) is 0 Å². The van der Waals surface area contributed by atoms with E-state index in [9.17, 15) is 9.50 Å². The predicted octanol–water partition coefficient (Wildman–Crippen LogP) is 6.05. The first-order valence-electron chi connectivity index (χ1n) is 8.77. The molecule has 158 valence electrons. The molecule has 4 nitrogen and oxygen atoms in total. The van der Waals surface area contributed by atoms with Crippen LogP contribution in [-0.2, 0) is 5.41 Å². The Morgan fingerprint density at radius 2 is 1.69 bits per heavy atom. The number of halogens is 4. The lowest BCUT2D eigenvalue weighted by Crippen LogP contribution is -2.20. The Kier molecular flexibility index (Phi) is 8.46. The van der Waals surface area contributed by atoms with E-state index >= 15 is 0 Å². The minimum atomic E-state index is -0.817. The lowest BCUT2D eigenvalue weighted by Gasteiger charge is -2.27. The van der Waals surface area contributed by atoms with Crippen molar-refractivity contribution >= 4 is 34.8 Å². The van der Waals surface area contributed by atoms with Crippen LogP contribution in [0.2, 0.25) is 10.0 Å². The third-order valence-electron chi connectivity index (χ3n) is 4.41. The van der Waals surface area contributed by atoms with Crippen molar-refractivity contribution < 1.29 is 24.1 Å². The molecule has 0 aliphatic heterocycles. The second-order valence-electron chi connectivity index (χ2n) is 6.93. The molecular formula is C21H22Cl3FO4. The molecule has 29 heavy (non-hydrogen) atoms. The second-order valence-corrected chi connectivity index (χ2v) is 8.05. The number of alkyl halides is 1. The van der Waals surface area contributed by atoms with E-state index in [1.54, 1.807) is 24.3 Å². The smallest absolute Gasteiger partial charge is 0.158 e. The van der Waals surface area contributed by atoms with Crippen LogP contribution in [0.4, 0.5) is 4.39 Å². The summed E-state index contributed by atoms with van der Waals surface area (Å²) >= 11 is 18.3. The maximum Gasteiger partial charge on any atom is 0.158 e. The summed E-state index contributed by atoms with van der Waals surface area (Å²) in [6.45, 7) is 3.77. The van der Waals surface area contributed by atoms with E-state index in [0.29, 0.717) is 21.5 Å². The summed E-state index contributed by atoms with van der Waals surface area (Å²) in [6, 6.07) is 10.7. The van der Waals surface area contributed by atoms with Gasteiger partial charge in [-0.25, -0.2) is 4.39 Å². The van der Waals surface area contributed by atoms with Gasteiger partial charge >= 0.3 is 0 Å². The molecule has 0 aliphatic carbocycles. The fourth-order valence-corrected chi connectivity index (χ4v) is 3.29. The van der Waals surface area contributed by atoms with Gasteiger partial charge in [-0.1, -0.05) is 49.2 Å². The summed E-state index contributed by atoms with van der Waals surface area (Å²) in [6.07, 6.45) is -0.725. The molecular weight excluding hydrogens is 442 g/mol. The summed E-state index contributed by atoms with van der Waals surface area (Å²) in [7, 11) is 0. The normalized spacial score (nSPS) is 13.3. The Morgan fingerprint density at radius 3 is 2.21 bits per heavy atom. The Bertz CT molecular complexity index is 830. The van der Waals surface area contributed by atoms with Gasteiger partial charge in [0.25, 0.3) is 0 Å². The van der Waals surface area contributed by atoms with Gasteiger partial charge in [0.2, 0.25) is 0 Å². The summed E-state index contributed by atoms with van der Waals surface area (Å²) in [5.74, 6) is 0.348. The number of hydrogen-bond acceptors (Lipinski definition) is 4. The van der Waals surface area contributed by atoms with Gasteiger partial charge in [-0.05, 0) is 35.4 Å². The van der Waals surface area contributed by atoms with Gasteiger partial charge in [0.15, 0.2) is 11.5 Å². The van der Waals surface area contributed by atoms with Crippen LogP contribution >= 0.6 is 34.8 Å². The van der Waals surface area contributed by atoms with E-state index in [0.717, 1.165) is 11.1 Å². The number of aliphatic hydroxyl groups excluding tert-OH is 2. The molecule has 0 spiro atoms. The highest BCUT2D eigenvalue weighted by Crippen LogP contribution is 2.40. The van der Waals surface area contributed by atoms with E-state index in [1.807, 2.05) is 26.0 Å².